The van der Waals surface area contributed by atoms with Gasteiger partial charge in [-0.05, 0) is 43.9 Å². The third-order valence-corrected chi connectivity index (χ3v) is 7.86. The highest BCUT2D eigenvalue weighted by Gasteiger charge is 2.20. The molecule has 1 aromatic carbocycles. The number of hydrogen-bond donors (Lipinski definition) is 3. The zero-order chi connectivity index (χ0) is 31.0. The molecule has 15 heteroatoms. The van der Waals surface area contributed by atoms with Gasteiger partial charge in [0.25, 0.3) is 10.1 Å². The topological polar surface area (TPSA) is 183 Å². The third-order valence-electron chi connectivity index (χ3n) is 4.98. The number of rotatable bonds is 15. The molecule has 12 nitrogen and oxygen atoms in total. The molecule has 41 heavy (non-hydrogen) atoms. The van der Waals surface area contributed by atoms with Gasteiger partial charge in [0.1, 0.15) is 28.2 Å². The van der Waals surface area contributed by atoms with Crippen molar-refractivity contribution in [1.29, 1.82) is 5.26 Å². The van der Waals surface area contributed by atoms with Gasteiger partial charge in [-0.25, -0.2) is 9.19 Å². The van der Waals surface area contributed by atoms with E-state index in [4.69, 9.17) is 4.74 Å². The van der Waals surface area contributed by atoms with Gasteiger partial charge in [0.05, 0.1) is 16.4 Å². The Labute approximate surface area is 246 Å². The fourth-order valence-electron chi connectivity index (χ4n) is 3.09. The molecule has 0 amide bonds. The standard InChI is InChI=1S/C23H28N6O6S3.C3H6/c1-5-36(30)13-11-26-22-18(15-24)16(3)21(23(27-22)25-10-7-12-35-4)29-28-19-9-8-17(37(31)6-2)14-20(19)38(32,33)34;1-3-2/h5-6,8-9,14H,1-2,7,10-13H2,3-4H3,(H2,25,26,27)(H,32,33,34);3H,1H2,2H3. The van der Waals surface area contributed by atoms with E-state index in [9.17, 15) is 26.7 Å². The minimum Gasteiger partial charge on any atom is -0.385 e. The smallest absolute Gasteiger partial charge is 0.296 e. The number of anilines is 2. The summed E-state index contributed by atoms with van der Waals surface area (Å²) in [4.78, 5) is 3.98. The molecule has 1 aromatic heterocycles. The third kappa shape index (κ3) is 11.1. The molecule has 2 unspecified atom stereocenters. The normalized spacial score (nSPS) is 12.4. The van der Waals surface area contributed by atoms with E-state index in [-0.39, 0.29) is 45.8 Å². The van der Waals surface area contributed by atoms with Crippen LogP contribution < -0.4 is 10.6 Å². The van der Waals surface area contributed by atoms with E-state index in [0.717, 1.165) is 11.5 Å². The number of hydrogen-bond acceptors (Lipinski definition) is 11. The lowest BCUT2D eigenvalue weighted by Gasteiger charge is -2.15. The summed E-state index contributed by atoms with van der Waals surface area (Å²) in [7, 11) is -6.10. The lowest BCUT2D eigenvalue weighted by molar-refractivity contribution is 0.198. The van der Waals surface area contributed by atoms with Crippen LogP contribution in [0.25, 0.3) is 0 Å². The second-order valence-corrected chi connectivity index (χ2v) is 12.2. The Morgan fingerprint density at radius 3 is 2.37 bits per heavy atom. The van der Waals surface area contributed by atoms with Crippen molar-refractivity contribution in [2.75, 3.05) is 43.2 Å². The summed E-state index contributed by atoms with van der Waals surface area (Å²) >= 11 is 0. The maximum atomic E-state index is 12.0. The predicted molar refractivity (Wildman–Crippen MR) is 163 cm³/mol. The van der Waals surface area contributed by atoms with Crippen LogP contribution in [-0.4, -0.2) is 58.9 Å². The van der Waals surface area contributed by atoms with E-state index >= 15 is 0 Å². The molecule has 2 atom stereocenters. The fraction of sp³-hybridized carbons (Fsp3) is 0.308. The van der Waals surface area contributed by atoms with Crippen LogP contribution in [0.4, 0.5) is 23.0 Å². The van der Waals surface area contributed by atoms with Gasteiger partial charge in [0.15, 0.2) is 5.82 Å². The van der Waals surface area contributed by atoms with Crippen LogP contribution in [0, 0.1) is 18.3 Å². The summed E-state index contributed by atoms with van der Waals surface area (Å²) < 4.78 is 62.5. The summed E-state index contributed by atoms with van der Waals surface area (Å²) in [6.45, 7) is 15.0. The number of benzene rings is 1. The second kappa shape index (κ2) is 18.0. The monoisotopic (exact) mass is 622 g/mol. The van der Waals surface area contributed by atoms with Crippen molar-refractivity contribution in [2.24, 2.45) is 10.2 Å². The van der Waals surface area contributed by atoms with Gasteiger partial charge < -0.3 is 15.4 Å². The minimum atomic E-state index is -4.74. The molecule has 3 N–H and O–H groups in total. The van der Waals surface area contributed by atoms with E-state index in [2.05, 4.69) is 51.7 Å². The number of nitrogens with one attached hydrogen (secondary N) is 2. The summed E-state index contributed by atoms with van der Waals surface area (Å²) in [5, 5.41) is 26.5. The molecule has 0 bridgehead atoms. The number of aromatic nitrogens is 1. The van der Waals surface area contributed by atoms with Crippen molar-refractivity contribution < 1.29 is 26.1 Å². The van der Waals surface area contributed by atoms with Crippen LogP contribution in [0.5, 0.6) is 0 Å². The Balaban J connectivity index is 0.00000268. The van der Waals surface area contributed by atoms with Crippen molar-refractivity contribution in [1.82, 2.24) is 4.98 Å². The molecule has 1 heterocycles. The minimum absolute atomic E-state index is 0.101. The Hall–Kier alpha value is -3.55. The highest BCUT2D eigenvalue weighted by atomic mass is 32.2. The fourth-order valence-corrected chi connectivity index (χ4v) is 4.91. The largest absolute Gasteiger partial charge is 0.385 e. The quantitative estimate of drug-likeness (QED) is 0.104. The first-order chi connectivity index (χ1) is 19.5. The van der Waals surface area contributed by atoms with E-state index in [1.165, 1.54) is 17.5 Å². The van der Waals surface area contributed by atoms with Gasteiger partial charge >= 0.3 is 0 Å². The van der Waals surface area contributed by atoms with E-state index < -0.39 is 36.6 Å². The molecule has 0 radical (unpaired) electrons. The summed E-state index contributed by atoms with van der Waals surface area (Å²) in [6, 6.07) is 5.72. The molecule has 0 saturated carbocycles. The van der Waals surface area contributed by atoms with E-state index in [1.54, 1.807) is 20.1 Å². The van der Waals surface area contributed by atoms with Crippen molar-refractivity contribution in [3.8, 4) is 6.07 Å². The molecule has 0 aliphatic carbocycles. The number of nitrogens with zero attached hydrogens (tertiary/aromatic N) is 4. The Morgan fingerprint density at radius 1 is 1.15 bits per heavy atom. The maximum absolute atomic E-state index is 12.0. The first-order valence-corrected chi connectivity index (χ1v) is 16.1. The highest BCUT2D eigenvalue weighted by Crippen LogP contribution is 2.36. The predicted octanol–water partition coefficient (Wildman–Crippen LogP) is 5.12. The average Bonchev–Trinajstić information content (AvgIpc) is 2.94. The van der Waals surface area contributed by atoms with Crippen LogP contribution in [0.3, 0.4) is 0 Å². The summed E-state index contributed by atoms with van der Waals surface area (Å²) in [5.74, 6) is 0.763. The second-order valence-electron chi connectivity index (χ2n) is 7.90. The van der Waals surface area contributed by atoms with Gasteiger partial charge in [0, 0.05) is 59.2 Å². The molecule has 0 saturated heterocycles. The SMILES string of the molecule is C=CC.C=CS(=O)CCNc1nc(NCCCOC)c(N=Nc2ccc(S(=O)C=C)cc2S(=O)(=O)O)c(C)c1C#N. The number of azo groups is 1. The molecule has 2 rings (SSSR count). The number of pyridine rings is 1. The molecule has 222 valence electrons. The number of methoxy groups -OCH3 is 1. The average molecular weight is 623 g/mol. The molecule has 2 aromatic rings. The zero-order valence-electron chi connectivity index (χ0n) is 23.1. The summed E-state index contributed by atoms with van der Waals surface area (Å²) in [5.41, 5.74) is 0.511. The van der Waals surface area contributed by atoms with Gasteiger partial charge in [-0.15, -0.1) is 16.8 Å². The van der Waals surface area contributed by atoms with Gasteiger partial charge in [0.2, 0.25) is 0 Å². The number of ether oxygens (including phenoxy) is 1. The lowest BCUT2D eigenvalue weighted by atomic mass is 10.1. The van der Waals surface area contributed by atoms with Gasteiger partial charge in [-0.2, -0.15) is 13.7 Å². The van der Waals surface area contributed by atoms with Crippen molar-refractivity contribution in [3.63, 3.8) is 0 Å². The lowest BCUT2D eigenvalue weighted by Crippen LogP contribution is -2.14. The Kier molecular flexibility index (Phi) is 15.6. The maximum Gasteiger partial charge on any atom is 0.296 e. The Morgan fingerprint density at radius 2 is 1.80 bits per heavy atom. The number of nitriles is 1. The number of allylic oxidation sites excluding steroid dienone is 1. The van der Waals surface area contributed by atoms with Crippen LogP contribution in [0.1, 0.15) is 24.5 Å². The van der Waals surface area contributed by atoms with Crippen molar-refractivity contribution >= 4 is 54.7 Å². The van der Waals surface area contributed by atoms with E-state index in [1.807, 2.05) is 6.92 Å². The van der Waals surface area contributed by atoms with Gasteiger partial charge in [-0.3, -0.25) is 8.76 Å². The van der Waals surface area contributed by atoms with Crippen LogP contribution in [0.15, 0.2) is 74.8 Å². The van der Waals surface area contributed by atoms with Crippen molar-refractivity contribution in [2.45, 2.75) is 30.1 Å². The Bertz CT molecular complexity index is 1470. The molecule has 0 aliphatic rings. The van der Waals surface area contributed by atoms with Crippen LogP contribution >= 0.6 is 0 Å². The molecular formula is C26H34N6O6S3. The molecule has 0 fully saturated rings. The van der Waals surface area contributed by atoms with Crippen LogP contribution in [-0.2, 0) is 36.5 Å². The summed E-state index contributed by atoms with van der Waals surface area (Å²) in [6.07, 6.45) is 2.38. The highest BCUT2D eigenvalue weighted by molar-refractivity contribution is 7.88. The van der Waals surface area contributed by atoms with E-state index in [0.29, 0.717) is 25.1 Å². The first kappa shape index (κ1) is 35.5. The first-order valence-electron chi connectivity index (χ1n) is 12.0. The molecule has 0 spiro atoms. The van der Waals surface area contributed by atoms with Crippen molar-refractivity contribution in [3.05, 3.63) is 66.0 Å². The van der Waals surface area contributed by atoms with Crippen LogP contribution in [0.2, 0.25) is 0 Å². The zero-order valence-corrected chi connectivity index (χ0v) is 25.6. The molecule has 0 aliphatic heterocycles. The van der Waals surface area contributed by atoms with Gasteiger partial charge in [-0.1, -0.05) is 19.2 Å². The molecular weight excluding hydrogens is 589 g/mol.